The van der Waals surface area contributed by atoms with Gasteiger partial charge in [0.15, 0.2) is 0 Å². The summed E-state index contributed by atoms with van der Waals surface area (Å²) in [5, 5.41) is 5.10. The number of ether oxygens (including phenoxy) is 1. The van der Waals surface area contributed by atoms with Gasteiger partial charge in [0.05, 0.1) is 17.9 Å². The summed E-state index contributed by atoms with van der Waals surface area (Å²) in [4.78, 5) is 34.1. The molecule has 20 heavy (non-hydrogen) atoms. The number of carbonyl (C=O) groups is 3. The summed E-state index contributed by atoms with van der Waals surface area (Å²) < 4.78 is 4.91. The largest absolute Gasteiger partial charge is 0.462 e. The van der Waals surface area contributed by atoms with Crippen molar-refractivity contribution in [2.24, 2.45) is 0 Å². The van der Waals surface area contributed by atoms with Gasteiger partial charge in [0, 0.05) is 13.0 Å². The molecule has 0 unspecified atom stereocenters. The molecule has 0 aliphatic heterocycles. The number of Topliss-reactive ketones (excluding diaryl/α,β-unsaturated/α-hetero) is 1. The maximum atomic E-state index is 11.7. The van der Waals surface area contributed by atoms with Gasteiger partial charge in [-0.25, -0.2) is 9.59 Å². The van der Waals surface area contributed by atoms with Crippen LogP contribution in [0.3, 0.4) is 0 Å². The molecule has 1 rings (SSSR count). The Kier molecular flexibility index (Phi) is 6.22. The van der Waals surface area contributed by atoms with E-state index in [0.717, 1.165) is 0 Å². The first-order chi connectivity index (χ1) is 9.54. The van der Waals surface area contributed by atoms with E-state index in [9.17, 15) is 14.4 Å². The molecule has 0 aliphatic carbocycles. The minimum absolute atomic E-state index is 0.00257. The third-order valence-corrected chi connectivity index (χ3v) is 2.43. The number of benzene rings is 1. The third kappa shape index (κ3) is 5.09. The fourth-order valence-corrected chi connectivity index (χ4v) is 1.50. The minimum atomic E-state index is -0.493. The van der Waals surface area contributed by atoms with Crippen LogP contribution in [-0.4, -0.2) is 30.9 Å². The zero-order chi connectivity index (χ0) is 15.0. The van der Waals surface area contributed by atoms with E-state index in [-0.39, 0.29) is 30.9 Å². The first kappa shape index (κ1) is 15.7. The van der Waals surface area contributed by atoms with E-state index < -0.39 is 12.0 Å². The van der Waals surface area contributed by atoms with E-state index in [2.05, 4.69) is 10.6 Å². The Morgan fingerprint density at radius 2 is 1.90 bits per heavy atom. The zero-order valence-corrected chi connectivity index (χ0v) is 11.6. The average Bonchev–Trinajstić information content (AvgIpc) is 2.39. The fourth-order valence-electron chi connectivity index (χ4n) is 1.50. The highest BCUT2D eigenvalue weighted by Crippen LogP contribution is 2.16. The lowest BCUT2D eigenvalue weighted by molar-refractivity contribution is -0.116. The fraction of sp³-hybridized carbons (Fsp3) is 0.357. The smallest absolute Gasteiger partial charge is 0.340 e. The second-order valence-electron chi connectivity index (χ2n) is 4.10. The summed E-state index contributed by atoms with van der Waals surface area (Å²) in [6, 6.07) is 6.10. The standard InChI is InChI=1S/C14H18N2O4/c1-3-20-13(18)11-6-4-5-7-12(11)16-14(19)15-9-8-10(2)17/h4-7H,3,8-9H2,1-2H3,(H2,15,16,19). The predicted octanol–water partition coefficient (Wildman–Crippen LogP) is 1.96. The normalized spacial score (nSPS) is 9.70. The summed E-state index contributed by atoms with van der Waals surface area (Å²) in [7, 11) is 0. The molecule has 0 saturated heterocycles. The number of rotatable bonds is 6. The minimum Gasteiger partial charge on any atom is -0.462 e. The zero-order valence-electron chi connectivity index (χ0n) is 11.6. The van der Waals surface area contributed by atoms with Gasteiger partial charge in [0.25, 0.3) is 0 Å². The molecule has 0 saturated carbocycles. The molecule has 2 N–H and O–H groups in total. The van der Waals surface area contributed by atoms with Crippen molar-refractivity contribution in [2.45, 2.75) is 20.3 Å². The molecule has 0 heterocycles. The number of anilines is 1. The Morgan fingerprint density at radius 3 is 2.55 bits per heavy atom. The summed E-state index contributed by atoms with van der Waals surface area (Å²) >= 11 is 0. The first-order valence-electron chi connectivity index (χ1n) is 6.35. The maximum absolute atomic E-state index is 11.7. The van der Waals surface area contributed by atoms with E-state index in [1.54, 1.807) is 31.2 Å². The highest BCUT2D eigenvalue weighted by atomic mass is 16.5. The average molecular weight is 278 g/mol. The molecule has 0 aromatic heterocycles. The molecule has 2 amide bonds. The monoisotopic (exact) mass is 278 g/mol. The van der Waals surface area contributed by atoms with Crippen molar-refractivity contribution < 1.29 is 19.1 Å². The van der Waals surface area contributed by atoms with Gasteiger partial charge in [0.1, 0.15) is 5.78 Å². The van der Waals surface area contributed by atoms with E-state index in [1.807, 2.05) is 0 Å². The number of hydrogen-bond donors (Lipinski definition) is 2. The molecule has 6 nitrogen and oxygen atoms in total. The lowest BCUT2D eigenvalue weighted by Crippen LogP contribution is -2.31. The molecule has 1 aromatic rings. The van der Waals surface area contributed by atoms with E-state index in [1.165, 1.54) is 6.92 Å². The van der Waals surface area contributed by atoms with Crippen molar-refractivity contribution in [3.63, 3.8) is 0 Å². The Morgan fingerprint density at radius 1 is 1.20 bits per heavy atom. The van der Waals surface area contributed by atoms with Crippen LogP contribution in [0, 0.1) is 0 Å². The van der Waals surface area contributed by atoms with Crippen LogP contribution in [-0.2, 0) is 9.53 Å². The Hall–Kier alpha value is -2.37. The third-order valence-electron chi connectivity index (χ3n) is 2.43. The summed E-state index contributed by atoms with van der Waals surface area (Å²) in [5.74, 6) is -0.496. The second kappa shape index (κ2) is 7.93. The lowest BCUT2D eigenvalue weighted by Gasteiger charge is -2.10. The molecule has 1 aromatic carbocycles. The van der Waals surface area contributed by atoms with Crippen LogP contribution in [0.2, 0.25) is 0 Å². The van der Waals surface area contributed by atoms with Crippen LogP contribution in [0.1, 0.15) is 30.6 Å². The van der Waals surface area contributed by atoms with Gasteiger partial charge in [0.2, 0.25) is 0 Å². The van der Waals surface area contributed by atoms with Crippen molar-refractivity contribution in [2.75, 3.05) is 18.5 Å². The van der Waals surface area contributed by atoms with Crippen molar-refractivity contribution >= 4 is 23.5 Å². The lowest BCUT2D eigenvalue weighted by atomic mass is 10.2. The summed E-state index contributed by atoms with van der Waals surface area (Å²) in [5.41, 5.74) is 0.655. The van der Waals surface area contributed by atoms with Crippen molar-refractivity contribution in [3.05, 3.63) is 29.8 Å². The van der Waals surface area contributed by atoms with Crippen LogP contribution in [0.4, 0.5) is 10.5 Å². The van der Waals surface area contributed by atoms with Crippen LogP contribution in [0.15, 0.2) is 24.3 Å². The van der Waals surface area contributed by atoms with E-state index in [4.69, 9.17) is 4.74 Å². The molecule has 108 valence electrons. The molecule has 0 aliphatic rings. The molecule has 6 heteroatoms. The molecule has 0 atom stereocenters. The van der Waals surface area contributed by atoms with E-state index >= 15 is 0 Å². The van der Waals surface area contributed by atoms with Gasteiger partial charge in [-0.2, -0.15) is 0 Å². The molecule has 0 bridgehead atoms. The number of ketones is 1. The maximum Gasteiger partial charge on any atom is 0.340 e. The van der Waals surface area contributed by atoms with Crippen molar-refractivity contribution in [1.82, 2.24) is 5.32 Å². The number of carbonyl (C=O) groups excluding carboxylic acids is 3. The number of esters is 1. The molecule has 0 spiro atoms. The summed E-state index contributed by atoms with van der Waals surface area (Å²) in [6.07, 6.45) is 0.271. The molecule has 0 radical (unpaired) electrons. The van der Waals surface area contributed by atoms with E-state index in [0.29, 0.717) is 5.69 Å². The van der Waals surface area contributed by atoms with Gasteiger partial charge in [-0.15, -0.1) is 0 Å². The highest BCUT2D eigenvalue weighted by molar-refractivity contribution is 6.00. The van der Waals surface area contributed by atoms with Crippen molar-refractivity contribution in [3.8, 4) is 0 Å². The summed E-state index contributed by atoms with van der Waals surface area (Å²) in [6.45, 7) is 3.68. The van der Waals surface area contributed by atoms with Gasteiger partial charge in [-0.05, 0) is 26.0 Å². The first-order valence-corrected chi connectivity index (χ1v) is 6.35. The molecular weight excluding hydrogens is 260 g/mol. The Balaban J connectivity index is 2.65. The van der Waals surface area contributed by atoms with Crippen molar-refractivity contribution in [1.29, 1.82) is 0 Å². The highest BCUT2D eigenvalue weighted by Gasteiger charge is 2.13. The van der Waals surface area contributed by atoms with Gasteiger partial charge >= 0.3 is 12.0 Å². The number of urea groups is 1. The Bertz CT molecular complexity index is 500. The topological polar surface area (TPSA) is 84.5 Å². The number of amides is 2. The second-order valence-corrected chi connectivity index (χ2v) is 4.10. The molecular formula is C14H18N2O4. The number of hydrogen-bond acceptors (Lipinski definition) is 4. The van der Waals surface area contributed by atoms with Crippen LogP contribution in [0.25, 0.3) is 0 Å². The Labute approximate surface area is 117 Å². The number of nitrogens with one attached hydrogen (secondary N) is 2. The van der Waals surface area contributed by atoms with Crippen LogP contribution in [0.5, 0.6) is 0 Å². The number of para-hydroxylation sites is 1. The molecule has 0 fully saturated rings. The SMILES string of the molecule is CCOC(=O)c1ccccc1NC(=O)NCCC(C)=O. The van der Waals surface area contributed by atoms with Gasteiger partial charge in [-0.1, -0.05) is 12.1 Å². The van der Waals surface area contributed by atoms with Gasteiger partial charge in [-0.3, -0.25) is 4.79 Å². The van der Waals surface area contributed by atoms with Crippen LogP contribution < -0.4 is 10.6 Å². The van der Waals surface area contributed by atoms with Crippen LogP contribution >= 0.6 is 0 Å². The predicted molar refractivity (Wildman–Crippen MR) is 74.7 cm³/mol. The quantitative estimate of drug-likeness (QED) is 0.779. The van der Waals surface area contributed by atoms with Gasteiger partial charge < -0.3 is 15.4 Å².